The van der Waals surface area contributed by atoms with Crippen molar-refractivity contribution < 1.29 is 4.39 Å². The number of nitrogens with one attached hydrogen (secondary N) is 1. The second-order valence-corrected chi connectivity index (χ2v) is 4.41. The third-order valence-electron chi connectivity index (χ3n) is 2.68. The average molecular weight is 274 g/mol. The summed E-state index contributed by atoms with van der Waals surface area (Å²) in [7, 11) is 0. The maximum absolute atomic E-state index is 13.1. The van der Waals surface area contributed by atoms with Crippen molar-refractivity contribution in [3.8, 4) is 0 Å². The molecule has 0 aliphatic heterocycles. The topological polar surface area (TPSA) is 41.6 Å². The molecule has 0 saturated carbocycles. The first kappa shape index (κ1) is 11.9. The lowest BCUT2D eigenvalue weighted by atomic mass is 10.2. The molecule has 1 aromatic carbocycles. The number of nitrogens with zero attached hydrogens (tertiary/aromatic N) is 2. The first-order valence-corrected chi connectivity index (χ1v) is 6.04. The van der Waals surface area contributed by atoms with Crippen molar-refractivity contribution in [3.05, 3.63) is 58.6 Å². The fourth-order valence-corrected chi connectivity index (χ4v) is 1.94. The molecule has 0 bridgehead atoms. The first-order valence-electron chi connectivity index (χ1n) is 5.67. The van der Waals surface area contributed by atoms with Crippen molar-refractivity contribution in [2.75, 3.05) is 0 Å². The van der Waals surface area contributed by atoms with Gasteiger partial charge in [0.1, 0.15) is 22.2 Å². The Labute approximate surface area is 113 Å². The van der Waals surface area contributed by atoms with Crippen LogP contribution in [0.4, 0.5) is 4.39 Å². The predicted octanol–water partition coefficient (Wildman–Crippen LogP) is 3.92. The molecule has 0 amide bonds. The Hall–Kier alpha value is -2.20. The molecule has 19 heavy (non-hydrogen) atoms. The smallest absolute Gasteiger partial charge is 0.130 e. The zero-order valence-corrected chi connectivity index (χ0v) is 10.5. The van der Waals surface area contributed by atoms with E-state index < -0.39 is 0 Å². The molecule has 0 radical (unpaired) electrons. The van der Waals surface area contributed by atoms with E-state index in [1.165, 1.54) is 12.1 Å². The van der Waals surface area contributed by atoms with E-state index in [1.54, 1.807) is 24.3 Å². The molecule has 0 aliphatic carbocycles. The Kier molecular flexibility index (Phi) is 3.01. The molecule has 3 aromatic rings. The Morgan fingerprint density at radius 3 is 2.89 bits per heavy atom. The van der Waals surface area contributed by atoms with E-state index in [2.05, 4.69) is 15.2 Å². The Morgan fingerprint density at radius 1 is 1.16 bits per heavy atom. The molecular formula is C14H9ClFN3. The van der Waals surface area contributed by atoms with Crippen LogP contribution in [0.1, 0.15) is 11.3 Å². The minimum atomic E-state index is -0.268. The lowest BCUT2D eigenvalue weighted by molar-refractivity contribution is 0.627. The van der Waals surface area contributed by atoms with E-state index in [9.17, 15) is 4.39 Å². The van der Waals surface area contributed by atoms with Crippen molar-refractivity contribution in [3.63, 3.8) is 0 Å². The molecule has 3 nitrogen and oxygen atoms in total. The van der Waals surface area contributed by atoms with Crippen LogP contribution in [0.3, 0.4) is 0 Å². The molecule has 0 aliphatic rings. The number of hydrogen-bond donors (Lipinski definition) is 1. The first-order chi connectivity index (χ1) is 9.22. The fourth-order valence-electron chi connectivity index (χ4n) is 1.80. The zero-order valence-electron chi connectivity index (χ0n) is 9.77. The molecule has 0 fully saturated rings. The lowest BCUT2D eigenvalue weighted by Crippen LogP contribution is -1.79. The molecule has 0 saturated heterocycles. The molecule has 5 heteroatoms. The summed E-state index contributed by atoms with van der Waals surface area (Å²) in [5.74, 6) is -0.268. The molecule has 94 valence electrons. The highest BCUT2D eigenvalue weighted by molar-refractivity contribution is 6.29. The summed E-state index contributed by atoms with van der Waals surface area (Å²) in [6, 6.07) is 9.84. The van der Waals surface area contributed by atoms with Gasteiger partial charge in [0.15, 0.2) is 0 Å². The van der Waals surface area contributed by atoms with E-state index in [4.69, 9.17) is 11.6 Å². The summed E-state index contributed by atoms with van der Waals surface area (Å²) in [6.45, 7) is 0. The molecule has 0 spiro atoms. The quantitative estimate of drug-likeness (QED) is 0.719. The van der Waals surface area contributed by atoms with Crippen LogP contribution in [-0.4, -0.2) is 15.2 Å². The monoisotopic (exact) mass is 273 g/mol. The van der Waals surface area contributed by atoms with Crippen molar-refractivity contribution in [2.45, 2.75) is 0 Å². The van der Waals surface area contributed by atoms with Crippen molar-refractivity contribution in [2.24, 2.45) is 0 Å². The number of pyridine rings is 1. The highest BCUT2D eigenvalue weighted by atomic mass is 35.5. The van der Waals surface area contributed by atoms with Gasteiger partial charge in [0.2, 0.25) is 0 Å². The standard InChI is InChI=1S/C14H9ClFN3/c15-13-7-6-12-14(17-13)11(18-19-12)5-4-9-2-1-3-10(16)8-9/h1-8H,(H,18,19). The van der Waals surface area contributed by atoms with Crippen LogP contribution >= 0.6 is 11.6 Å². The molecule has 1 N–H and O–H groups in total. The fraction of sp³-hybridized carbons (Fsp3) is 0. The van der Waals surface area contributed by atoms with Gasteiger partial charge in [-0.2, -0.15) is 5.10 Å². The highest BCUT2D eigenvalue weighted by Crippen LogP contribution is 2.18. The van der Waals surface area contributed by atoms with Crippen molar-refractivity contribution >= 4 is 34.8 Å². The Balaban J connectivity index is 1.99. The molecular weight excluding hydrogens is 265 g/mol. The molecule has 3 rings (SSSR count). The van der Waals surface area contributed by atoms with Gasteiger partial charge in [0, 0.05) is 0 Å². The largest absolute Gasteiger partial charge is 0.276 e. The summed E-state index contributed by atoms with van der Waals surface area (Å²) in [5.41, 5.74) is 2.93. The van der Waals surface area contributed by atoms with Gasteiger partial charge in [-0.3, -0.25) is 5.10 Å². The zero-order chi connectivity index (χ0) is 13.2. The number of benzene rings is 1. The van der Waals surface area contributed by atoms with Gasteiger partial charge >= 0.3 is 0 Å². The molecule has 0 atom stereocenters. The van der Waals surface area contributed by atoms with Crippen LogP contribution in [-0.2, 0) is 0 Å². The van der Waals surface area contributed by atoms with Gasteiger partial charge in [-0.1, -0.05) is 29.8 Å². The Morgan fingerprint density at radius 2 is 2.05 bits per heavy atom. The van der Waals surface area contributed by atoms with Gasteiger partial charge in [-0.15, -0.1) is 0 Å². The van der Waals surface area contributed by atoms with Gasteiger partial charge in [0.25, 0.3) is 0 Å². The third-order valence-corrected chi connectivity index (χ3v) is 2.89. The van der Waals surface area contributed by atoms with Crippen LogP contribution in [0, 0.1) is 5.82 Å². The lowest BCUT2D eigenvalue weighted by Gasteiger charge is -1.93. The van der Waals surface area contributed by atoms with Gasteiger partial charge in [-0.25, -0.2) is 9.37 Å². The number of halogens is 2. The predicted molar refractivity (Wildman–Crippen MR) is 74.2 cm³/mol. The third kappa shape index (κ3) is 2.48. The van der Waals surface area contributed by atoms with Crippen LogP contribution < -0.4 is 0 Å². The number of hydrogen-bond acceptors (Lipinski definition) is 2. The number of aromatic nitrogens is 3. The molecule has 2 aromatic heterocycles. The van der Waals surface area contributed by atoms with Gasteiger partial charge in [-0.05, 0) is 35.9 Å². The van der Waals surface area contributed by atoms with Crippen LogP contribution in [0.15, 0.2) is 36.4 Å². The van der Waals surface area contributed by atoms with Crippen LogP contribution in [0.2, 0.25) is 5.15 Å². The minimum absolute atomic E-state index is 0.268. The summed E-state index contributed by atoms with van der Waals surface area (Å²) in [5, 5.41) is 7.43. The summed E-state index contributed by atoms with van der Waals surface area (Å²) in [6.07, 6.45) is 3.55. The second-order valence-electron chi connectivity index (χ2n) is 4.03. The SMILES string of the molecule is Fc1cccc(C=Cc2n[nH]c3ccc(Cl)nc23)c1. The maximum Gasteiger partial charge on any atom is 0.130 e. The number of H-pyrrole nitrogens is 1. The van der Waals surface area contributed by atoms with E-state index in [0.717, 1.165) is 11.1 Å². The summed E-state index contributed by atoms with van der Waals surface area (Å²) < 4.78 is 13.1. The number of fused-ring (bicyclic) bond motifs is 1. The second kappa shape index (κ2) is 4.82. The maximum atomic E-state index is 13.1. The van der Waals surface area contributed by atoms with Crippen LogP contribution in [0.5, 0.6) is 0 Å². The molecule has 2 heterocycles. The molecule has 0 unspecified atom stereocenters. The normalized spacial score (nSPS) is 11.5. The van der Waals surface area contributed by atoms with Crippen molar-refractivity contribution in [1.82, 2.24) is 15.2 Å². The Bertz CT molecular complexity index is 764. The van der Waals surface area contributed by atoms with E-state index in [0.29, 0.717) is 16.4 Å². The van der Waals surface area contributed by atoms with Gasteiger partial charge in [0.05, 0.1) is 5.52 Å². The van der Waals surface area contributed by atoms with E-state index >= 15 is 0 Å². The van der Waals surface area contributed by atoms with E-state index in [1.807, 2.05) is 12.1 Å². The minimum Gasteiger partial charge on any atom is -0.276 e. The summed E-state index contributed by atoms with van der Waals surface area (Å²) in [4.78, 5) is 4.21. The number of aromatic amines is 1. The highest BCUT2D eigenvalue weighted by Gasteiger charge is 2.04. The van der Waals surface area contributed by atoms with E-state index in [-0.39, 0.29) is 5.82 Å². The average Bonchev–Trinajstić information content (AvgIpc) is 2.79. The van der Waals surface area contributed by atoms with Crippen LogP contribution in [0.25, 0.3) is 23.2 Å². The van der Waals surface area contributed by atoms with Gasteiger partial charge < -0.3 is 0 Å². The van der Waals surface area contributed by atoms with Crippen molar-refractivity contribution in [1.29, 1.82) is 0 Å². The number of rotatable bonds is 2. The summed E-state index contributed by atoms with van der Waals surface area (Å²) >= 11 is 5.86.